The highest BCUT2D eigenvalue weighted by molar-refractivity contribution is 7.89. The number of amides is 1. The normalized spacial score (nSPS) is 12.4. The summed E-state index contributed by atoms with van der Waals surface area (Å²) in [5.74, 6) is -0.232. The highest BCUT2D eigenvalue weighted by Gasteiger charge is 2.29. The molecule has 0 saturated carbocycles. The zero-order valence-corrected chi connectivity index (χ0v) is 10.8. The van der Waals surface area contributed by atoms with E-state index in [2.05, 4.69) is 20.0 Å². The maximum atomic E-state index is 11.7. The Morgan fingerprint density at radius 3 is 2.65 bits per heavy atom. The number of carbonyl (C=O) groups is 1. The van der Waals surface area contributed by atoms with Crippen LogP contribution in [0.4, 0.5) is 0 Å². The lowest BCUT2D eigenvalue weighted by Gasteiger charge is -2.22. The Labute approximate surface area is 100 Å². The van der Waals surface area contributed by atoms with E-state index < -0.39 is 15.4 Å². The van der Waals surface area contributed by atoms with Gasteiger partial charge in [-0.25, -0.2) is 18.1 Å². The second kappa shape index (κ2) is 4.84. The molecule has 0 saturated heterocycles. The van der Waals surface area contributed by atoms with Crippen LogP contribution in [0.2, 0.25) is 0 Å². The molecule has 96 valence electrons. The second-order valence-electron chi connectivity index (χ2n) is 4.20. The molecule has 0 aliphatic heterocycles. The molecular formula is C9H16N4O3S. The Morgan fingerprint density at radius 1 is 1.53 bits per heavy atom. The summed E-state index contributed by atoms with van der Waals surface area (Å²) in [6.07, 6.45) is 2.48. The molecule has 0 aliphatic carbocycles. The fourth-order valence-corrected chi connectivity index (χ4v) is 2.28. The molecule has 1 aromatic heterocycles. The smallest absolute Gasteiger partial charge is 0.257 e. The summed E-state index contributed by atoms with van der Waals surface area (Å²) in [6, 6.07) is 0. The van der Waals surface area contributed by atoms with Gasteiger partial charge in [-0.1, -0.05) is 0 Å². The summed E-state index contributed by atoms with van der Waals surface area (Å²) in [5.41, 5.74) is -0.818. The van der Waals surface area contributed by atoms with Gasteiger partial charge in [0.2, 0.25) is 5.91 Å². The highest BCUT2D eigenvalue weighted by atomic mass is 32.2. The number of hydrogen-bond acceptors (Lipinski definition) is 4. The number of rotatable bonds is 5. The monoisotopic (exact) mass is 260 g/mol. The minimum absolute atomic E-state index is 0.00796. The first-order chi connectivity index (χ1) is 7.79. The quantitative estimate of drug-likeness (QED) is 0.661. The molecule has 17 heavy (non-hydrogen) atoms. The van der Waals surface area contributed by atoms with Crippen LogP contribution in [0, 0.1) is 5.41 Å². The van der Waals surface area contributed by atoms with Crippen molar-refractivity contribution in [3.8, 4) is 0 Å². The maximum Gasteiger partial charge on any atom is 0.257 e. The van der Waals surface area contributed by atoms with Gasteiger partial charge in [-0.05, 0) is 13.8 Å². The molecule has 0 atom stereocenters. The third kappa shape index (κ3) is 3.27. The first-order valence-electron chi connectivity index (χ1n) is 5.00. The van der Waals surface area contributed by atoms with Crippen LogP contribution in [-0.4, -0.2) is 37.9 Å². The van der Waals surface area contributed by atoms with E-state index in [1.165, 1.54) is 19.6 Å². The van der Waals surface area contributed by atoms with Gasteiger partial charge >= 0.3 is 0 Å². The van der Waals surface area contributed by atoms with Crippen molar-refractivity contribution in [2.75, 3.05) is 13.6 Å². The summed E-state index contributed by atoms with van der Waals surface area (Å²) in [7, 11) is -2.13. The third-order valence-electron chi connectivity index (χ3n) is 2.31. The van der Waals surface area contributed by atoms with Gasteiger partial charge in [0.1, 0.15) is 0 Å². The average Bonchev–Trinajstić information content (AvgIpc) is 2.79. The third-order valence-corrected chi connectivity index (χ3v) is 3.64. The topological polar surface area (TPSA) is 104 Å². The lowest BCUT2D eigenvalue weighted by molar-refractivity contribution is -0.128. The van der Waals surface area contributed by atoms with E-state index in [1.807, 2.05) is 0 Å². The first kappa shape index (κ1) is 13.7. The first-order valence-corrected chi connectivity index (χ1v) is 6.48. The summed E-state index contributed by atoms with van der Waals surface area (Å²) in [6.45, 7) is 3.32. The number of nitrogens with zero attached hydrogens (tertiary/aromatic N) is 1. The van der Waals surface area contributed by atoms with E-state index in [1.54, 1.807) is 13.8 Å². The largest absolute Gasteiger partial charge is 0.359 e. The fourth-order valence-electron chi connectivity index (χ4n) is 1.16. The van der Waals surface area contributed by atoms with E-state index in [0.717, 1.165) is 0 Å². The number of H-pyrrole nitrogens is 1. The van der Waals surface area contributed by atoms with Gasteiger partial charge in [0.25, 0.3) is 10.0 Å². The van der Waals surface area contributed by atoms with Gasteiger partial charge in [-0.2, -0.15) is 0 Å². The SMILES string of the molecule is CNC(=O)C(C)(C)CNS(=O)(=O)c1cnc[nH]1. The molecule has 0 bridgehead atoms. The molecule has 1 heterocycles. The van der Waals surface area contributed by atoms with Gasteiger partial charge in [0.15, 0.2) is 5.03 Å². The lowest BCUT2D eigenvalue weighted by atomic mass is 9.93. The predicted molar refractivity (Wildman–Crippen MR) is 61.6 cm³/mol. The van der Waals surface area contributed by atoms with Crippen molar-refractivity contribution in [3.05, 3.63) is 12.5 Å². The predicted octanol–water partition coefficient (Wildman–Crippen LogP) is -0.540. The Bertz CT molecular complexity index is 478. The van der Waals surface area contributed by atoms with Crippen molar-refractivity contribution in [1.82, 2.24) is 20.0 Å². The van der Waals surface area contributed by atoms with Crippen molar-refractivity contribution >= 4 is 15.9 Å². The Hall–Kier alpha value is -1.41. The van der Waals surface area contributed by atoms with Crippen LogP contribution < -0.4 is 10.0 Å². The summed E-state index contributed by atoms with van der Waals surface area (Å²) in [5, 5.41) is 2.46. The fraction of sp³-hybridized carbons (Fsp3) is 0.556. The summed E-state index contributed by atoms with van der Waals surface area (Å²) >= 11 is 0. The van der Waals surface area contributed by atoms with E-state index in [0.29, 0.717) is 0 Å². The van der Waals surface area contributed by atoms with E-state index in [-0.39, 0.29) is 17.5 Å². The molecule has 0 unspecified atom stereocenters. The van der Waals surface area contributed by atoms with Crippen LogP contribution in [0.1, 0.15) is 13.8 Å². The maximum absolute atomic E-state index is 11.7. The van der Waals surface area contributed by atoms with Crippen molar-refractivity contribution < 1.29 is 13.2 Å². The van der Waals surface area contributed by atoms with E-state index >= 15 is 0 Å². The summed E-state index contributed by atoms with van der Waals surface area (Å²) in [4.78, 5) is 17.6. The van der Waals surface area contributed by atoms with Gasteiger partial charge < -0.3 is 10.3 Å². The Balaban J connectivity index is 2.72. The second-order valence-corrected chi connectivity index (χ2v) is 5.94. The van der Waals surface area contributed by atoms with Crippen LogP contribution in [0.3, 0.4) is 0 Å². The van der Waals surface area contributed by atoms with Crippen molar-refractivity contribution in [2.45, 2.75) is 18.9 Å². The number of imidazole rings is 1. The van der Waals surface area contributed by atoms with Gasteiger partial charge in [-0.15, -0.1) is 0 Å². The lowest BCUT2D eigenvalue weighted by Crippen LogP contribution is -2.43. The molecule has 0 aromatic carbocycles. The number of nitrogens with one attached hydrogen (secondary N) is 3. The highest BCUT2D eigenvalue weighted by Crippen LogP contribution is 2.14. The molecule has 1 amide bonds. The molecule has 1 rings (SSSR count). The minimum atomic E-state index is -3.64. The van der Waals surface area contributed by atoms with Crippen molar-refractivity contribution in [1.29, 1.82) is 0 Å². The molecule has 8 heteroatoms. The Morgan fingerprint density at radius 2 is 2.18 bits per heavy atom. The molecule has 1 aromatic rings. The van der Waals surface area contributed by atoms with E-state index in [4.69, 9.17) is 0 Å². The van der Waals surface area contributed by atoms with Crippen LogP contribution in [0.25, 0.3) is 0 Å². The van der Waals surface area contributed by atoms with Gasteiger partial charge in [-0.3, -0.25) is 4.79 Å². The molecule has 0 fully saturated rings. The zero-order valence-electron chi connectivity index (χ0n) is 9.94. The standard InChI is InChI=1S/C9H16N4O3S/c1-9(2,8(14)10-3)5-13-17(15,16)7-4-11-6-12-7/h4,6,13H,5H2,1-3H3,(H,10,14)(H,11,12). The van der Waals surface area contributed by atoms with Crippen LogP contribution in [0.5, 0.6) is 0 Å². The molecular weight excluding hydrogens is 244 g/mol. The number of sulfonamides is 1. The van der Waals surface area contributed by atoms with Crippen LogP contribution >= 0.6 is 0 Å². The summed E-state index contributed by atoms with van der Waals surface area (Å²) < 4.78 is 25.8. The molecule has 0 radical (unpaired) electrons. The van der Waals surface area contributed by atoms with Crippen molar-refractivity contribution in [3.63, 3.8) is 0 Å². The number of aromatic amines is 1. The molecule has 0 spiro atoms. The molecule has 0 aliphatic rings. The zero-order chi connectivity index (χ0) is 13.1. The van der Waals surface area contributed by atoms with Gasteiger partial charge in [0, 0.05) is 13.6 Å². The number of hydrogen-bond donors (Lipinski definition) is 3. The van der Waals surface area contributed by atoms with Crippen LogP contribution in [0.15, 0.2) is 17.6 Å². The number of aromatic nitrogens is 2. The van der Waals surface area contributed by atoms with Gasteiger partial charge in [0.05, 0.1) is 17.9 Å². The molecule has 3 N–H and O–H groups in total. The van der Waals surface area contributed by atoms with Crippen LogP contribution in [-0.2, 0) is 14.8 Å². The number of carbonyl (C=O) groups excluding carboxylic acids is 1. The average molecular weight is 260 g/mol. The van der Waals surface area contributed by atoms with Crippen molar-refractivity contribution in [2.24, 2.45) is 5.41 Å². The minimum Gasteiger partial charge on any atom is -0.359 e. The molecule has 7 nitrogen and oxygen atoms in total. The van der Waals surface area contributed by atoms with E-state index in [9.17, 15) is 13.2 Å². The Kier molecular flexibility index (Phi) is 3.89.